The second kappa shape index (κ2) is 6.82. The summed E-state index contributed by atoms with van der Waals surface area (Å²) >= 11 is 0. The van der Waals surface area contributed by atoms with Gasteiger partial charge in [0, 0.05) is 24.1 Å². The van der Waals surface area contributed by atoms with Gasteiger partial charge in [0.05, 0.1) is 18.5 Å². The van der Waals surface area contributed by atoms with Gasteiger partial charge >= 0.3 is 0 Å². The summed E-state index contributed by atoms with van der Waals surface area (Å²) < 4.78 is 0. The van der Waals surface area contributed by atoms with E-state index in [0.717, 1.165) is 25.1 Å². The van der Waals surface area contributed by atoms with Gasteiger partial charge in [-0.1, -0.05) is 42.5 Å². The highest BCUT2D eigenvalue weighted by molar-refractivity contribution is 5.33. The van der Waals surface area contributed by atoms with Gasteiger partial charge in [-0.3, -0.25) is 10.1 Å². The summed E-state index contributed by atoms with van der Waals surface area (Å²) in [5, 5.41) is 10.7. The van der Waals surface area contributed by atoms with Gasteiger partial charge in [0.2, 0.25) is 0 Å². The lowest BCUT2D eigenvalue weighted by Gasteiger charge is -2.14. The Kier molecular flexibility index (Phi) is 4.85. The third-order valence-electron chi connectivity index (χ3n) is 3.31. The molecule has 20 heavy (non-hydrogen) atoms. The van der Waals surface area contributed by atoms with Gasteiger partial charge in [-0.15, -0.1) is 0 Å². The fourth-order valence-corrected chi connectivity index (χ4v) is 2.22. The second-order valence-corrected chi connectivity index (χ2v) is 5.05. The zero-order valence-corrected chi connectivity index (χ0v) is 11.6. The van der Waals surface area contributed by atoms with Gasteiger partial charge in [0.1, 0.15) is 6.54 Å². The molecule has 104 valence electrons. The summed E-state index contributed by atoms with van der Waals surface area (Å²) in [5.74, 6) is 0. The molecule has 4 heteroatoms. The molecule has 0 radical (unpaired) electrons. The van der Waals surface area contributed by atoms with Crippen LogP contribution in [0.4, 0.5) is 5.69 Å². The maximum atomic E-state index is 10.7. The second-order valence-electron chi connectivity index (χ2n) is 5.05. The number of non-ortho nitro benzene ring substituents is 1. The first kappa shape index (κ1) is 14.2. The molecule has 0 bridgehead atoms. The first-order chi connectivity index (χ1) is 9.65. The Hall–Kier alpha value is -2.20. The van der Waals surface area contributed by atoms with Crippen molar-refractivity contribution >= 4 is 5.69 Å². The quantitative estimate of drug-likeness (QED) is 0.644. The molecule has 1 N–H and O–H groups in total. The normalized spacial score (nSPS) is 12.1. The molecule has 0 heterocycles. The molecule has 1 atom stereocenters. The lowest BCUT2D eigenvalue weighted by Crippen LogP contribution is -3.07. The van der Waals surface area contributed by atoms with E-state index in [1.807, 2.05) is 24.3 Å². The van der Waals surface area contributed by atoms with Crippen molar-refractivity contribution in [3.05, 3.63) is 75.8 Å². The summed E-state index contributed by atoms with van der Waals surface area (Å²) in [6.07, 6.45) is 1.02. The van der Waals surface area contributed by atoms with Crippen LogP contribution in [0.25, 0.3) is 0 Å². The molecule has 0 spiro atoms. The zero-order chi connectivity index (χ0) is 14.4. The zero-order valence-electron chi connectivity index (χ0n) is 11.6. The number of nitrogens with zero attached hydrogens (tertiary/aromatic N) is 1. The molecule has 0 aliphatic rings. The Morgan fingerprint density at radius 2 is 1.75 bits per heavy atom. The molecular weight excluding hydrogens is 252 g/mol. The number of hydrogen-bond donors (Lipinski definition) is 1. The molecular formula is C16H19N2O2+. The van der Waals surface area contributed by atoms with Crippen molar-refractivity contribution in [1.82, 2.24) is 0 Å². The van der Waals surface area contributed by atoms with Crippen molar-refractivity contribution in [3.63, 3.8) is 0 Å². The van der Waals surface area contributed by atoms with Crippen molar-refractivity contribution in [2.45, 2.75) is 13.0 Å². The van der Waals surface area contributed by atoms with Crippen LogP contribution >= 0.6 is 0 Å². The summed E-state index contributed by atoms with van der Waals surface area (Å²) in [5.41, 5.74) is 2.49. The number of quaternary nitrogens is 1. The number of hydrogen-bond acceptors (Lipinski definition) is 2. The Balaban J connectivity index is 1.89. The standard InChI is InChI=1S/C16H18N2O2/c1-17(11-10-14-6-3-2-4-7-14)13-15-8-5-9-16(12-15)18(19)20/h2-9,12H,10-11,13H2,1H3/p+1. The van der Waals surface area contributed by atoms with Crippen molar-refractivity contribution in [3.8, 4) is 0 Å². The lowest BCUT2D eigenvalue weighted by atomic mass is 10.1. The maximum absolute atomic E-state index is 10.7. The third kappa shape index (κ3) is 4.17. The van der Waals surface area contributed by atoms with E-state index in [0.29, 0.717) is 0 Å². The molecule has 2 rings (SSSR count). The van der Waals surface area contributed by atoms with Gasteiger partial charge in [0.15, 0.2) is 0 Å². The van der Waals surface area contributed by atoms with Crippen LogP contribution in [0.3, 0.4) is 0 Å². The highest BCUT2D eigenvalue weighted by Gasteiger charge is 2.09. The smallest absolute Gasteiger partial charge is 0.269 e. The van der Waals surface area contributed by atoms with Gasteiger partial charge < -0.3 is 4.90 Å². The number of nitrogens with one attached hydrogen (secondary N) is 1. The summed E-state index contributed by atoms with van der Waals surface area (Å²) in [6.45, 7) is 1.81. The molecule has 0 saturated carbocycles. The van der Waals surface area contributed by atoms with E-state index in [2.05, 4.69) is 19.2 Å². The minimum absolute atomic E-state index is 0.165. The first-order valence-corrected chi connectivity index (χ1v) is 6.74. The van der Waals surface area contributed by atoms with Gasteiger partial charge in [-0.2, -0.15) is 0 Å². The molecule has 0 fully saturated rings. The number of nitro groups is 1. The van der Waals surface area contributed by atoms with E-state index in [4.69, 9.17) is 0 Å². The minimum atomic E-state index is -0.344. The average Bonchev–Trinajstić information content (AvgIpc) is 2.46. The summed E-state index contributed by atoms with van der Waals surface area (Å²) in [4.78, 5) is 11.7. The summed E-state index contributed by atoms with van der Waals surface area (Å²) in [6, 6.07) is 17.2. The van der Waals surface area contributed by atoms with Gasteiger partial charge in [-0.25, -0.2) is 0 Å². The van der Waals surface area contributed by atoms with Crippen molar-refractivity contribution < 1.29 is 9.82 Å². The van der Waals surface area contributed by atoms with Gasteiger partial charge in [0.25, 0.3) is 5.69 Å². The largest absolute Gasteiger partial charge is 0.333 e. The van der Waals surface area contributed by atoms with Crippen molar-refractivity contribution in [2.75, 3.05) is 13.6 Å². The van der Waals surface area contributed by atoms with Crippen LogP contribution < -0.4 is 4.90 Å². The topological polar surface area (TPSA) is 47.6 Å². The predicted molar refractivity (Wildman–Crippen MR) is 78.7 cm³/mol. The van der Waals surface area contributed by atoms with Crippen LogP contribution in [-0.2, 0) is 13.0 Å². The van der Waals surface area contributed by atoms with Crippen LogP contribution in [0.1, 0.15) is 11.1 Å². The average molecular weight is 271 g/mol. The SMILES string of the molecule is C[NH+](CCc1ccccc1)Cc1cccc([N+](=O)[O-])c1. The van der Waals surface area contributed by atoms with Crippen LogP contribution in [0, 0.1) is 10.1 Å². The highest BCUT2D eigenvalue weighted by Crippen LogP contribution is 2.12. The number of likely N-dealkylation sites (N-methyl/N-ethyl adjacent to an activating group) is 1. The Morgan fingerprint density at radius 1 is 1.05 bits per heavy atom. The Bertz CT molecular complexity index is 570. The van der Waals surface area contributed by atoms with Crippen LogP contribution in [0.2, 0.25) is 0 Å². The van der Waals surface area contributed by atoms with Crippen molar-refractivity contribution in [2.24, 2.45) is 0 Å². The number of rotatable bonds is 6. The molecule has 1 unspecified atom stereocenters. The molecule has 0 aromatic heterocycles. The van der Waals surface area contributed by atoms with Crippen LogP contribution in [0.5, 0.6) is 0 Å². The third-order valence-corrected chi connectivity index (χ3v) is 3.31. The fourth-order valence-electron chi connectivity index (χ4n) is 2.22. The Labute approximate surface area is 118 Å². The molecule has 0 aliphatic carbocycles. The molecule has 0 aliphatic heterocycles. The maximum Gasteiger partial charge on any atom is 0.269 e. The number of nitro benzene ring substituents is 1. The van der Waals surface area contributed by atoms with Crippen LogP contribution in [0.15, 0.2) is 54.6 Å². The Morgan fingerprint density at radius 3 is 2.45 bits per heavy atom. The summed E-state index contributed by atoms with van der Waals surface area (Å²) in [7, 11) is 2.11. The van der Waals surface area contributed by atoms with Crippen LogP contribution in [-0.4, -0.2) is 18.5 Å². The number of benzene rings is 2. The van der Waals surface area contributed by atoms with E-state index in [1.165, 1.54) is 16.5 Å². The van der Waals surface area contributed by atoms with Crippen molar-refractivity contribution in [1.29, 1.82) is 0 Å². The van der Waals surface area contributed by atoms with E-state index < -0.39 is 0 Å². The molecule has 0 saturated heterocycles. The van der Waals surface area contributed by atoms with E-state index in [1.54, 1.807) is 12.1 Å². The predicted octanol–water partition coefficient (Wildman–Crippen LogP) is 1.85. The molecule has 2 aromatic rings. The minimum Gasteiger partial charge on any atom is -0.333 e. The molecule has 0 amide bonds. The molecule has 4 nitrogen and oxygen atoms in total. The van der Waals surface area contributed by atoms with Gasteiger partial charge in [-0.05, 0) is 5.56 Å². The lowest BCUT2D eigenvalue weighted by molar-refractivity contribution is -0.893. The van der Waals surface area contributed by atoms with E-state index in [9.17, 15) is 10.1 Å². The van der Waals surface area contributed by atoms with E-state index in [-0.39, 0.29) is 10.6 Å². The van der Waals surface area contributed by atoms with E-state index >= 15 is 0 Å². The monoisotopic (exact) mass is 271 g/mol. The molecule has 2 aromatic carbocycles. The highest BCUT2D eigenvalue weighted by atomic mass is 16.6. The fraction of sp³-hybridized carbons (Fsp3) is 0.250. The first-order valence-electron chi connectivity index (χ1n) is 6.74.